The van der Waals surface area contributed by atoms with Crippen LogP contribution in [0, 0.1) is 0 Å². The van der Waals surface area contributed by atoms with Gasteiger partial charge in [0, 0.05) is 0 Å². The van der Waals surface area contributed by atoms with Crippen molar-refractivity contribution in [3.8, 4) is 0 Å². The molecule has 0 rings (SSSR count). The average molecular weight is 124 g/mol. The van der Waals surface area contributed by atoms with E-state index in [4.69, 9.17) is 5.11 Å². The molecule has 0 atom stereocenters. The average Bonchev–Trinajstić information content (AvgIpc) is 1.69. The van der Waals surface area contributed by atoms with Gasteiger partial charge in [-0.25, -0.2) is 0 Å². The molecule has 1 N–H and O–H groups in total. The largest absolute Gasteiger partial charge is 1.00 e. The molecule has 0 fully saturated rings. The van der Waals surface area contributed by atoms with Gasteiger partial charge < -0.3 is 6.53 Å². The summed E-state index contributed by atoms with van der Waals surface area (Å²) < 4.78 is 0. The minimum Gasteiger partial charge on any atom is -1.00 e. The van der Waals surface area contributed by atoms with Crippen LogP contribution >= 0.6 is 0 Å². The molecule has 0 saturated carbocycles. The molecule has 0 radical (unpaired) electrons. The molecule has 0 bridgehead atoms. The summed E-state index contributed by atoms with van der Waals surface area (Å²) in [6.07, 6.45) is 6.26. The van der Waals surface area contributed by atoms with Crippen molar-refractivity contribution in [3.05, 3.63) is 12.3 Å². The molecule has 0 saturated heterocycles. The van der Waals surface area contributed by atoms with Crippen molar-refractivity contribution in [1.82, 2.24) is 0 Å². The Morgan fingerprint density at radius 2 is 2.25 bits per heavy atom. The van der Waals surface area contributed by atoms with Gasteiger partial charge in [-0.15, -0.1) is 0 Å². The predicted molar refractivity (Wildman–Crippen MR) is 32.4 cm³/mol. The van der Waals surface area contributed by atoms with Crippen LogP contribution in [0.5, 0.6) is 0 Å². The van der Waals surface area contributed by atoms with Crippen molar-refractivity contribution in [3.63, 3.8) is 0 Å². The minimum absolute atomic E-state index is 0. The zero-order valence-electron chi connectivity index (χ0n) is 6.72. The molecule has 8 heavy (non-hydrogen) atoms. The molecule has 0 heterocycles. The van der Waals surface area contributed by atoms with Crippen molar-refractivity contribution in [1.29, 1.82) is 0 Å². The van der Waals surface area contributed by atoms with Crippen LogP contribution in [0.4, 0.5) is 0 Å². The van der Waals surface area contributed by atoms with Crippen LogP contribution in [0.15, 0.2) is 12.3 Å². The first kappa shape index (κ1) is 11.4. The molecule has 0 aromatic heterocycles. The molecule has 0 aliphatic carbocycles. The van der Waals surface area contributed by atoms with Crippen molar-refractivity contribution >= 4 is 0 Å². The van der Waals surface area contributed by atoms with E-state index in [1.165, 1.54) is 12.8 Å². The molecule has 0 aromatic rings. The fourth-order valence-electron chi connectivity index (χ4n) is 0.397. The van der Waals surface area contributed by atoms with Gasteiger partial charge >= 0.3 is 29.6 Å². The van der Waals surface area contributed by atoms with E-state index in [-0.39, 0.29) is 31.0 Å². The second kappa shape index (κ2) is 10.5. The maximum absolute atomic E-state index is 8.11. The summed E-state index contributed by atoms with van der Waals surface area (Å²) in [7, 11) is 0. The molecule has 44 valence electrons. The Bertz CT molecular complexity index is 57.0. The minimum atomic E-state index is 0. The van der Waals surface area contributed by atoms with Crippen molar-refractivity contribution in [2.45, 2.75) is 26.2 Å². The molecular weight excluding hydrogens is 111 g/mol. The maximum atomic E-state index is 8.11. The van der Waals surface area contributed by atoms with Gasteiger partial charge in [0.25, 0.3) is 0 Å². The summed E-state index contributed by atoms with van der Waals surface area (Å²) in [5.74, 6) is 0. The van der Waals surface area contributed by atoms with Gasteiger partial charge in [0.1, 0.15) is 0 Å². The van der Waals surface area contributed by atoms with E-state index in [0.29, 0.717) is 0 Å². The van der Waals surface area contributed by atoms with Crippen LogP contribution in [0.25, 0.3) is 0 Å². The summed E-state index contributed by atoms with van der Waals surface area (Å²) in [4.78, 5) is 0. The third-order valence-corrected chi connectivity index (χ3v) is 0.830. The van der Waals surface area contributed by atoms with E-state index in [1.54, 1.807) is 6.08 Å². The zero-order chi connectivity index (χ0) is 5.54. The number of aliphatic hydroxyl groups is 1. The van der Waals surface area contributed by atoms with Crippen molar-refractivity contribution < 1.29 is 36.1 Å². The van der Waals surface area contributed by atoms with E-state index >= 15 is 0 Å². The first-order chi connectivity index (χ1) is 3.41. The Balaban J connectivity index is -0.000000180. The zero-order valence-corrected chi connectivity index (χ0v) is 7.72. The summed E-state index contributed by atoms with van der Waals surface area (Å²) in [5, 5.41) is 8.11. The first-order valence-corrected chi connectivity index (χ1v) is 2.71. The van der Waals surface area contributed by atoms with Crippen LogP contribution in [-0.4, -0.2) is 5.11 Å². The van der Waals surface area contributed by atoms with E-state index in [0.717, 1.165) is 12.7 Å². The molecule has 0 aliphatic rings. The Morgan fingerprint density at radius 3 is 2.62 bits per heavy atom. The summed E-state index contributed by atoms with van der Waals surface area (Å²) in [6, 6.07) is 0. The Hall–Kier alpha value is 0.540. The van der Waals surface area contributed by atoms with Crippen molar-refractivity contribution in [2.24, 2.45) is 0 Å². The van der Waals surface area contributed by atoms with Gasteiger partial charge in [-0.05, 0) is 12.8 Å². The van der Waals surface area contributed by atoms with E-state index in [9.17, 15) is 0 Å². The van der Waals surface area contributed by atoms with Crippen LogP contribution in [0.2, 0.25) is 0 Å². The Morgan fingerprint density at radius 1 is 1.62 bits per heavy atom. The topological polar surface area (TPSA) is 20.2 Å². The van der Waals surface area contributed by atoms with E-state index < -0.39 is 0 Å². The summed E-state index contributed by atoms with van der Waals surface area (Å²) in [5.41, 5.74) is 0. The molecular formula is C6H13NaO. The molecule has 1 nitrogen and oxygen atoms in total. The second-order valence-electron chi connectivity index (χ2n) is 1.53. The third-order valence-electron chi connectivity index (χ3n) is 0.830. The molecule has 0 aromatic carbocycles. The van der Waals surface area contributed by atoms with Crippen LogP contribution < -0.4 is 29.6 Å². The fraction of sp³-hybridized carbons (Fsp3) is 0.667. The van der Waals surface area contributed by atoms with Gasteiger partial charge in [-0.2, -0.15) is 0 Å². The van der Waals surface area contributed by atoms with Crippen LogP contribution in [0.3, 0.4) is 0 Å². The van der Waals surface area contributed by atoms with Crippen LogP contribution in [-0.2, 0) is 0 Å². The number of aliphatic hydroxyl groups excluding tert-OH is 1. The number of allylic oxidation sites excluding steroid dienone is 1. The van der Waals surface area contributed by atoms with Gasteiger partial charge in [0.05, 0.1) is 6.26 Å². The van der Waals surface area contributed by atoms with Crippen molar-refractivity contribution in [2.75, 3.05) is 0 Å². The van der Waals surface area contributed by atoms with E-state index in [1.807, 2.05) is 0 Å². The van der Waals surface area contributed by atoms with Gasteiger partial charge in [-0.1, -0.05) is 19.4 Å². The fourth-order valence-corrected chi connectivity index (χ4v) is 0.397. The Labute approximate surface area is 74.6 Å². The Kier molecular flexibility index (Phi) is 14.9. The second-order valence-corrected chi connectivity index (χ2v) is 1.53. The number of hydrogen-bond acceptors (Lipinski definition) is 1. The van der Waals surface area contributed by atoms with Gasteiger partial charge in [-0.3, -0.25) is 0 Å². The molecule has 0 unspecified atom stereocenters. The number of rotatable bonds is 3. The number of hydrogen-bond donors (Lipinski definition) is 1. The van der Waals surface area contributed by atoms with E-state index in [2.05, 4.69) is 6.92 Å². The number of unbranched alkanes of at least 4 members (excludes halogenated alkanes) is 2. The van der Waals surface area contributed by atoms with Gasteiger partial charge in [0.15, 0.2) is 0 Å². The SMILES string of the molecule is CCCCC=CO.[H-].[Na+]. The van der Waals surface area contributed by atoms with Gasteiger partial charge in [0.2, 0.25) is 0 Å². The normalized spacial score (nSPS) is 9.12. The van der Waals surface area contributed by atoms with Crippen LogP contribution in [0.1, 0.15) is 27.6 Å². The molecule has 2 heteroatoms. The molecule has 0 spiro atoms. The summed E-state index contributed by atoms with van der Waals surface area (Å²) >= 11 is 0. The monoisotopic (exact) mass is 124 g/mol. The first-order valence-electron chi connectivity index (χ1n) is 2.71. The quantitative estimate of drug-likeness (QED) is 0.301. The smallest absolute Gasteiger partial charge is 1.00 e. The molecule has 0 aliphatic heterocycles. The predicted octanol–water partition coefficient (Wildman–Crippen LogP) is -0.635. The third kappa shape index (κ3) is 9.74. The molecule has 0 amide bonds. The summed E-state index contributed by atoms with van der Waals surface area (Å²) in [6.45, 7) is 2.13. The maximum Gasteiger partial charge on any atom is 1.00 e. The standard InChI is InChI=1S/C6H12O.Na.H/c1-2-3-4-5-6-7;;/h5-7H,2-4H2,1H3;;/q;+1;-1.